The Labute approximate surface area is 93.9 Å². The van der Waals surface area contributed by atoms with Gasteiger partial charge in [-0.25, -0.2) is 9.97 Å². The molecule has 1 aliphatic carbocycles. The van der Waals surface area contributed by atoms with Crippen molar-refractivity contribution in [2.45, 2.75) is 38.3 Å². The lowest BCUT2D eigenvalue weighted by Gasteiger charge is -2.12. The molecule has 2 aromatic heterocycles. The van der Waals surface area contributed by atoms with E-state index in [-0.39, 0.29) is 6.10 Å². The Morgan fingerprint density at radius 2 is 2.25 bits per heavy atom. The van der Waals surface area contributed by atoms with E-state index in [9.17, 15) is 5.11 Å². The van der Waals surface area contributed by atoms with Crippen LogP contribution in [-0.2, 0) is 0 Å². The lowest BCUT2D eigenvalue weighted by Crippen LogP contribution is -2.06. The van der Waals surface area contributed by atoms with Crippen LogP contribution in [0.1, 0.15) is 31.0 Å². The first-order valence-corrected chi connectivity index (χ1v) is 5.72. The predicted octanol–water partition coefficient (Wildman–Crippen LogP) is 1.83. The molecule has 0 amide bonds. The molecule has 1 aliphatic rings. The molecule has 0 aromatic carbocycles. The summed E-state index contributed by atoms with van der Waals surface area (Å²) in [5.41, 5.74) is 2.01. The highest BCUT2D eigenvalue weighted by atomic mass is 16.3. The maximum Gasteiger partial charge on any atom is 0.143 e. The quantitative estimate of drug-likeness (QED) is 0.792. The van der Waals surface area contributed by atoms with Crippen molar-refractivity contribution in [1.82, 2.24) is 14.5 Å². The highest BCUT2D eigenvalue weighted by Crippen LogP contribution is 2.32. The van der Waals surface area contributed by atoms with Crippen LogP contribution >= 0.6 is 0 Å². The predicted molar refractivity (Wildman–Crippen MR) is 61.2 cm³/mol. The molecule has 0 spiro atoms. The van der Waals surface area contributed by atoms with Gasteiger partial charge in [-0.1, -0.05) is 0 Å². The largest absolute Gasteiger partial charge is 0.393 e. The van der Waals surface area contributed by atoms with Crippen LogP contribution in [0.2, 0.25) is 0 Å². The fraction of sp³-hybridized carbons (Fsp3) is 0.500. The Bertz CT molecular complexity index is 520. The van der Waals surface area contributed by atoms with Gasteiger partial charge in [-0.3, -0.25) is 0 Å². The van der Waals surface area contributed by atoms with Gasteiger partial charge in [0.05, 0.1) is 11.8 Å². The van der Waals surface area contributed by atoms with E-state index < -0.39 is 0 Å². The molecule has 3 rings (SSSR count). The van der Waals surface area contributed by atoms with Crippen LogP contribution in [0.5, 0.6) is 0 Å². The van der Waals surface area contributed by atoms with E-state index in [2.05, 4.69) is 26.8 Å². The standard InChI is InChI=1S/C12H15N3O/c1-8-11-4-5-15(12(11)14-7-13-8)9-2-3-10(16)6-9/h4-5,7,9-10,16H,2-3,6H2,1H3/t9-,10+/m1/s1. The molecule has 1 saturated carbocycles. The van der Waals surface area contributed by atoms with Gasteiger partial charge in [-0.05, 0) is 32.3 Å². The average molecular weight is 217 g/mol. The summed E-state index contributed by atoms with van der Waals surface area (Å²) in [7, 11) is 0. The first-order chi connectivity index (χ1) is 7.75. The van der Waals surface area contributed by atoms with Crippen molar-refractivity contribution in [3.05, 3.63) is 24.3 Å². The van der Waals surface area contributed by atoms with Crippen molar-refractivity contribution >= 4 is 11.0 Å². The Balaban J connectivity index is 2.08. The third-order valence-corrected chi connectivity index (χ3v) is 3.48. The summed E-state index contributed by atoms with van der Waals surface area (Å²) in [5, 5.41) is 10.7. The van der Waals surface area contributed by atoms with Crippen molar-refractivity contribution in [3.63, 3.8) is 0 Å². The second-order valence-corrected chi connectivity index (χ2v) is 4.54. The van der Waals surface area contributed by atoms with Gasteiger partial charge < -0.3 is 9.67 Å². The van der Waals surface area contributed by atoms with Gasteiger partial charge in [0, 0.05) is 17.6 Å². The summed E-state index contributed by atoms with van der Waals surface area (Å²) in [6.07, 6.45) is 6.30. The maximum atomic E-state index is 9.58. The third-order valence-electron chi connectivity index (χ3n) is 3.48. The lowest BCUT2D eigenvalue weighted by molar-refractivity contribution is 0.178. The minimum absolute atomic E-state index is 0.148. The zero-order valence-electron chi connectivity index (χ0n) is 9.30. The SMILES string of the molecule is Cc1ncnc2c1ccn2[C@@H]1CC[C@H](O)C1. The molecule has 0 bridgehead atoms. The van der Waals surface area contributed by atoms with Crippen LogP contribution in [0.4, 0.5) is 0 Å². The van der Waals surface area contributed by atoms with Gasteiger partial charge in [0.25, 0.3) is 0 Å². The number of aryl methyl sites for hydroxylation is 1. The number of aliphatic hydroxyl groups excluding tert-OH is 1. The molecule has 1 fully saturated rings. The molecule has 4 nitrogen and oxygen atoms in total. The van der Waals surface area contributed by atoms with Gasteiger partial charge in [0.1, 0.15) is 12.0 Å². The molecule has 2 heterocycles. The van der Waals surface area contributed by atoms with Gasteiger partial charge >= 0.3 is 0 Å². The summed E-state index contributed by atoms with van der Waals surface area (Å²) >= 11 is 0. The zero-order valence-corrected chi connectivity index (χ0v) is 9.30. The molecule has 84 valence electrons. The van der Waals surface area contributed by atoms with Crippen LogP contribution in [0.15, 0.2) is 18.6 Å². The van der Waals surface area contributed by atoms with Gasteiger partial charge in [-0.15, -0.1) is 0 Å². The van der Waals surface area contributed by atoms with Crippen molar-refractivity contribution < 1.29 is 5.11 Å². The Morgan fingerprint density at radius 3 is 3.00 bits per heavy atom. The van der Waals surface area contributed by atoms with Crippen molar-refractivity contribution in [2.75, 3.05) is 0 Å². The number of aromatic nitrogens is 3. The van der Waals surface area contributed by atoms with E-state index in [1.54, 1.807) is 6.33 Å². The number of hydrogen-bond acceptors (Lipinski definition) is 3. The molecule has 0 radical (unpaired) electrons. The fourth-order valence-corrected chi connectivity index (χ4v) is 2.58. The maximum absolute atomic E-state index is 9.58. The average Bonchev–Trinajstić information content (AvgIpc) is 2.84. The summed E-state index contributed by atoms with van der Waals surface area (Å²) in [4.78, 5) is 8.53. The molecule has 1 N–H and O–H groups in total. The number of hydrogen-bond donors (Lipinski definition) is 1. The Morgan fingerprint density at radius 1 is 1.38 bits per heavy atom. The van der Waals surface area contributed by atoms with E-state index >= 15 is 0 Å². The zero-order chi connectivity index (χ0) is 11.1. The number of fused-ring (bicyclic) bond motifs is 1. The van der Waals surface area contributed by atoms with Gasteiger partial charge in [0.15, 0.2) is 0 Å². The minimum atomic E-state index is -0.148. The lowest BCUT2D eigenvalue weighted by atomic mass is 10.2. The molecule has 0 saturated heterocycles. The van der Waals surface area contributed by atoms with Crippen LogP contribution in [0.3, 0.4) is 0 Å². The molecule has 2 aromatic rings. The van der Waals surface area contributed by atoms with Crippen LogP contribution in [0, 0.1) is 6.92 Å². The second-order valence-electron chi connectivity index (χ2n) is 4.54. The first kappa shape index (κ1) is 9.78. The second kappa shape index (κ2) is 3.56. The number of nitrogens with zero attached hydrogens (tertiary/aromatic N) is 3. The summed E-state index contributed by atoms with van der Waals surface area (Å²) < 4.78 is 2.18. The van der Waals surface area contributed by atoms with Gasteiger partial charge in [0.2, 0.25) is 0 Å². The normalized spacial score (nSPS) is 25.4. The van der Waals surface area contributed by atoms with Crippen LogP contribution in [-0.4, -0.2) is 25.7 Å². The number of rotatable bonds is 1. The van der Waals surface area contributed by atoms with Gasteiger partial charge in [-0.2, -0.15) is 0 Å². The molecule has 0 unspecified atom stereocenters. The van der Waals surface area contributed by atoms with E-state index in [4.69, 9.17) is 0 Å². The summed E-state index contributed by atoms with van der Waals surface area (Å²) in [6.45, 7) is 2.00. The van der Waals surface area contributed by atoms with Crippen LogP contribution in [0.25, 0.3) is 11.0 Å². The summed E-state index contributed by atoms with van der Waals surface area (Å²) in [6, 6.07) is 2.46. The molecule has 0 aliphatic heterocycles. The van der Waals surface area contributed by atoms with E-state index in [0.717, 1.165) is 36.0 Å². The topological polar surface area (TPSA) is 50.9 Å². The van der Waals surface area contributed by atoms with E-state index in [0.29, 0.717) is 6.04 Å². The molecule has 4 heteroatoms. The third kappa shape index (κ3) is 1.41. The van der Waals surface area contributed by atoms with Crippen LogP contribution < -0.4 is 0 Å². The minimum Gasteiger partial charge on any atom is -0.393 e. The Hall–Kier alpha value is -1.42. The van der Waals surface area contributed by atoms with Crippen molar-refractivity contribution in [2.24, 2.45) is 0 Å². The molecule has 2 atom stereocenters. The van der Waals surface area contributed by atoms with Crippen molar-refractivity contribution in [3.8, 4) is 0 Å². The Kier molecular flexibility index (Phi) is 2.17. The van der Waals surface area contributed by atoms with E-state index in [1.807, 2.05) is 6.92 Å². The smallest absolute Gasteiger partial charge is 0.143 e. The van der Waals surface area contributed by atoms with Crippen molar-refractivity contribution in [1.29, 1.82) is 0 Å². The highest BCUT2D eigenvalue weighted by molar-refractivity contribution is 5.78. The first-order valence-electron chi connectivity index (χ1n) is 5.72. The summed E-state index contributed by atoms with van der Waals surface area (Å²) in [5.74, 6) is 0. The monoisotopic (exact) mass is 217 g/mol. The molecular weight excluding hydrogens is 202 g/mol. The van der Waals surface area contributed by atoms with E-state index in [1.165, 1.54) is 0 Å². The molecular formula is C12H15N3O. The fourth-order valence-electron chi connectivity index (χ4n) is 2.58. The molecule has 16 heavy (non-hydrogen) atoms. The number of aliphatic hydroxyl groups is 1. The highest BCUT2D eigenvalue weighted by Gasteiger charge is 2.25.